The summed E-state index contributed by atoms with van der Waals surface area (Å²) in [6.07, 6.45) is -2.08. The van der Waals surface area contributed by atoms with Gasteiger partial charge in [0, 0.05) is 10.9 Å². The molecule has 2 amide bonds. The second kappa shape index (κ2) is 10.8. The SMILES string of the molecule is CC(C)(C)OC(=O)N[C@@H](Cc1ccc(C2CC(=O)N(C(C)(C)C)S2(=O)=O)c(Br)c1)c1nc2ccccc2n1C(=O)O. The summed E-state index contributed by atoms with van der Waals surface area (Å²) < 4.78 is 34.5. The number of sulfonamides is 1. The third-order valence-corrected chi connectivity index (χ3v) is 9.53. The van der Waals surface area contributed by atoms with E-state index in [9.17, 15) is 27.9 Å². The zero-order valence-corrected chi connectivity index (χ0v) is 26.0. The van der Waals surface area contributed by atoms with Crippen molar-refractivity contribution in [1.82, 2.24) is 19.2 Å². The smallest absolute Gasteiger partial charge is 0.417 e. The summed E-state index contributed by atoms with van der Waals surface area (Å²) in [7, 11) is -3.95. The lowest BCUT2D eigenvalue weighted by molar-refractivity contribution is -0.128. The van der Waals surface area contributed by atoms with Crippen LogP contribution in [0.15, 0.2) is 46.9 Å². The maximum absolute atomic E-state index is 13.3. The molecule has 0 radical (unpaired) electrons. The number of para-hydroxylation sites is 2. The van der Waals surface area contributed by atoms with Crippen molar-refractivity contribution in [3.8, 4) is 0 Å². The van der Waals surface area contributed by atoms with E-state index in [2.05, 4.69) is 26.2 Å². The van der Waals surface area contributed by atoms with Crippen LogP contribution in [-0.4, -0.2) is 56.6 Å². The fraction of sp³-hybridized carbons (Fsp3) is 0.429. The van der Waals surface area contributed by atoms with Gasteiger partial charge in [0.25, 0.3) is 0 Å². The highest BCUT2D eigenvalue weighted by Crippen LogP contribution is 2.43. The standard InChI is InChI=1S/C28H33BrN4O7S/c1-27(2,3)33-23(34)15-22(41(33,38)39)17-12-11-16(13-18(17)29)14-20(31-25(35)40-28(4,5)6)24-30-19-9-7-8-10-21(19)32(24)26(36)37/h7-13,20,22H,14-15H2,1-6H3,(H,31,35)(H,36,37)/t20-,22?/m0/s1. The molecule has 2 heterocycles. The number of ether oxygens (including phenoxy) is 1. The van der Waals surface area contributed by atoms with Crippen LogP contribution in [0.2, 0.25) is 0 Å². The number of carbonyl (C=O) groups is 3. The Morgan fingerprint density at radius 1 is 1.15 bits per heavy atom. The van der Waals surface area contributed by atoms with Crippen molar-refractivity contribution in [2.45, 2.75) is 76.8 Å². The van der Waals surface area contributed by atoms with E-state index in [1.54, 1.807) is 84.0 Å². The number of alkyl carbamates (subject to hydrolysis) is 1. The Hall–Kier alpha value is -3.45. The number of hydrogen-bond acceptors (Lipinski definition) is 7. The van der Waals surface area contributed by atoms with Gasteiger partial charge in [0.05, 0.1) is 29.0 Å². The summed E-state index contributed by atoms with van der Waals surface area (Å²) in [5.74, 6) is -0.373. The predicted octanol–water partition coefficient (Wildman–Crippen LogP) is 5.54. The van der Waals surface area contributed by atoms with Crippen LogP contribution < -0.4 is 5.32 Å². The van der Waals surface area contributed by atoms with Gasteiger partial charge in [0.15, 0.2) is 0 Å². The number of rotatable bonds is 5. The lowest BCUT2D eigenvalue weighted by atomic mass is 10.0. The first-order chi connectivity index (χ1) is 18.9. The summed E-state index contributed by atoms with van der Waals surface area (Å²) in [5, 5.41) is 11.7. The van der Waals surface area contributed by atoms with Gasteiger partial charge in [-0.05, 0) is 70.9 Å². The average molecular weight is 650 g/mol. The van der Waals surface area contributed by atoms with E-state index in [0.29, 0.717) is 26.6 Å². The Labute approximate surface area is 247 Å². The molecule has 2 atom stereocenters. The Kier molecular flexibility index (Phi) is 8.00. The molecular weight excluding hydrogens is 616 g/mol. The van der Waals surface area contributed by atoms with Crippen molar-refractivity contribution in [3.05, 3.63) is 63.9 Å². The highest BCUT2D eigenvalue weighted by molar-refractivity contribution is 9.10. The highest BCUT2D eigenvalue weighted by Gasteiger charge is 2.50. The van der Waals surface area contributed by atoms with Crippen molar-refractivity contribution in [3.63, 3.8) is 0 Å². The van der Waals surface area contributed by atoms with Gasteiger partial charge in [0.1, 0.15) is 16.7 Å². The molecule has 4 rings (SSSR count). The quantitative estimate of drug-likeness (QED) is 0.367. The number of carboxylic acid groups (broad SMARTS) is 1. The minimum absolute atomic E-state index is 0.0922. The third-order valence-electron chi connectivity index (χ3n) is 6.44. The number of benzene rings is 2. The fourth-order valence-corrected chi connectivity index (χ4v) is 8.08. The summed E-state index contributed by atoms with van der Waals surface area (Å²) in [6.45, 7) is 10.2. The molecule has 0 saturated carbocycles. The number of fused-ring (bicyclic) bond motifs is 1. The van der Waals surface area contributed by atoms with Crippen LogP contribution in [0.5, 0.6) is 0 Å². The molecule has 0 bridgehead atoms. The number of amides is 2. The number of nitrogens with one attached hydrogen (secondary N) is 1. The van der Waals surface area contributed by atoms with Crippen molar-refractivity contribution in [2.24, 2.45) is 0 Å². The average Bonchev–Trinajstić information content (AvgIpc) is 3.31. The number of aromatic nitrogens is 2. The molecule has 1 aliphatic heterocycles. The number of carbonyl (C=O) groups excluding carboxylic acids is 2. The number of nitrogens with zero attached hydrogens (tertiary/aromatic N) is 3. The van der Waals surface area contributed by atoms with Crippen LogP contribution in [0.1, 0.15) is 76.2 Å². The van der Waals surface area contributed by atoms with E-state index >= 15 is 0 Å². The van der Waals surface area contributed by atoms with Crippen LogP contribution in [0, 0.1) is 0 Å². The van der Waals surface area contributed by atoms with Crippen LogP contribution in [0.3, 0.4) is 0 Å². The molecule has 0 spiro atoms. The Bertz CT molecular complexity index is 1640. The number of halogens is 1. The summed E-state index contributed by atoms with van der Waals surface area (Å²) in [4.78, 5) is 42.3. The molecule has 2 aromatic carbocycles. The van der Waals surface area contributed by atoms with Crippen LogP contribution in [0.25, 0.3) is 11.0 Å². The van der Waals surface area contributed by atoms with Gasteiger partial charge in [-0.1, -0.05) is 40.2 Å². The molecule has 3 aromatic rings. The fourth-order valence-electron chi connectivity index (χ4n) is 4.97. The zero-order valence-electron chi connectivity index (χ0n) is 23.6. The highest BCUT2D eigenvalue weighted by atomic mass is 79.9. The van der Waals surface area contributed by atoms with E-state index < -0.39 is 50.5 Å². The molecule has 0 aliphatic carbocycles. The maximum atomic E-state index is 13.3. The van der Waals surface area contributed by atoms with E-state index in [1.807, 2.05) is 0 Å². The number of imidazole rings is 1. The molecule has 220 valence electrons. The minimum Gasteiger partial charge on any atom is -0.464 e. The van der Waals surface area contributed by atoms with Gasteiger partial charge in [-0.2, -0.15) is 0 Å². The molecule has 1 aromatic heterocycles. The topological polar surface area (TPSA) is 148 Å². The second-order valence-corrected chi connectivity index (χ2v) is 14.7. The first kappa shape index (κ1) is 30.5. The van der Waals surface area contributed by atoms with Crippen molar-refractivity contribution < 1.29 is 32.6 Å². The van der Waals surface area contributed by atoms with Gasteiger partial charge < -0.3 is 15.2 Å². The largest absolute Gasteiger partial charge is 0.464 e. The Morgan fingerprint density at radius 3 is 2.37 bits per heavy atom. The van der Waals surface area contributed by atoms with E-state index in [1.165, 1.54) is 0 Å². The van der Waals surface area contributed by atoms with Gasteiger partial charge in [-0.3, -0.25) is 4.79 Å². The van der Waals surface area contributed by atoms with Gasteiger partial charge in [-0.25, -0.2) is 31.9 Å². The van der Waals surface area contributed by atoms with E-state index in [4.69, 9.17) is 4.74 Å². The van der Waals surface area contributed by atoms with Gasteiger partial charge >= 0.3 is 12.2 Å². The Morgan fingerprint density at radius 2 is 1.80 bits per heavy atom. The molecule has 11 nitrogen and oxygen atoms in total. The normalized spacial score (nSPS) is 18.0. The first-order valence-electron chi connectivity index (χ1n) is 13.0. The van der Waals surface area contributed by atoms with Gasteiger partial charge in [0.2, 0.25) is 15.9 Å². The van der Waals surface area contributed by atoms with Crippen molar-refractivity contribution in [1.29, 1.82) is 0 Å². The molecule has 13 heteroatoms. The lowest BCUT2D eigenvalue weighted by Crippen LogP contribution is -2.45. The monoisotopic (exact) mass is 648 g/mol. The Balaban J connectivity index is 1.72. The summed E-state index contributed by atoms with van der Waals surface area (Å²) in [6, 6.07) is 10.8. The third kappa shape index (κ3) is 6.25. The molecule has 41 heavy (non-hydrogen) atoms. The van der Waals surface area contributed by atoms with Crippen molar-refractivity contribution >= 4 is 55.1 Å². The maximum Gasteiger partial charge on any atom is 0.417 e. The van der Waals surface area contributed by atoms with Crippen LogP contribution in [0.4, 0.5) is 9.59 Å². The molecule has 1 unspecified atom stereocenters. The van der Waals surface area contributed by atoms with Gasteiger partial charge in [-0.15, -0.1) is 0 Å². The predicted molar refractivity (Wildman–Crippen MR) is 156 cm³/mol. The summed E-state index contributed by atoms with van der Waals surface area (Å²) >= 11 is 3.48. The lowest BCUT2D eigenvalue weighted by Gasteiger charge is -2.31. The zero-order chi connectivity index (χ0) is 30.5. The molecule has 2 N–H and O–H groups in total. The molecule has 1 fully saturated rings. The van der Waals surface area contributed by atoms with E-state index in [0.717, 1.165) is 8.87 Å². The molecule has 1 aliphatic rings. The first-order valence-corrected chi connectivity index (χ1v) is 15.3. The minimum atomic E-state index is -3.95. The molecular formula is C28H33BrN4O7S. The van der Waals surface area contributed by atoms with Crippen LogP contribution in [-0.2, 0) is 26.0 Å². The number of hydrogen-bond donors (Lipinski definition) is 2. The molecule has 1 saturated heterocycles. The van der Waals surface area contributed by atoms with Crippen molar-refractivity contribution in [2.75, 3.05) is 0 Å². The second-order valence-electron chi connectivity index (χ2n) is 11.9. The van der Waals surface area contributed by atoms with Crippen LogP contribution >= 0.6 is 15.9 Å². The van der Waals surface area contributed by atoms with E-state index in [-0.39, 0.29) is 18.7 Å². The summed E-state index contributed by atoms with van der Waals surface area (Å²) in [5.41, 5.74) is 0.201.